The predicted molar refractivity (Wildman–Crippen MR) is 85.7 cm³/mol. The van der Waals surface area contributed by atoms with Gasteiger partial charge >= 0.3 is 5.97 Å². The fourth-order valence-corrected chi connectivity index (χ4v) is 5.28. The molecule has 2 bridgehead atoms. The average molecular weight is 328 g/mol. The van der Waals surface area contributed by atoms with Crippen LogP contribution in [0.2, 0.25) is 4.34 Å². The molecule has 2 aliphatic rings. The van der Waals surface area contributed by atoms with Crippen LogP contribution >= 0.6 is 22.9 Å². The summed E-state index contributed by atoms with van der Waals surface area (Å²) in [7, 11) is 0. The van der Waals surface area contributed by atoms with E-state index >= 15 is 0 Å². The van der Waals surface area contributed by atoms with Gasteiger partial charge in [-0.05, 0) is 44.7 Å². The van der Waals surface area contributed by atoms with Crippen molar-refractivity contribution in [2.45, 2.75) is 58.2 Å². The minimum Gasteiger partial charge on any atom is -0.466 e. The molecule has 0 radical (unpaired) electrons. The Labute approximate surface area is 135 Å². The molecule has 0 saturated carbocycles. The second kappa shape index (κ2) is 5.90. The van der Waals surface area contributed by atoms with E-state index in [0.717, 1.165) is 30.1 Å². The van der Waals surface area contributed by atoms with Crippen LogP contribution in [0.4, 0.5) is 0 Å². The van der Waals surface area contributed by atoms with Crippen LogP contribution in [0.3, 0.4) is 0 Å². The molecule has 3 atom stereocenters. The normalized spacial score (nSPS) is 31.8. The highest BCUT2D eigenvalue weighted by molar-refractivity contribution is 7.16. The topological polar surface area (TPSA) is 29.5 Å². The van der Waals surface area contributed by atoms with E-state index in [1.807, 2.05) is 13.0 Å². The van der Waals surface area contributed by atoms with Crippen LogP contribution in [0.1, 0.15) is 44.4 Å². The Morgan fingerprint density at radius 2 is 2.29 bits per heavy atom. The van der Waals surface area contributed by atoms with E-state index in [9.17, 15) is 4.79 Å². The fraction of sp³-hybridized carbons (Fsp3) is 0.688. The number of nitrogens with zero attached hydrogens (tertiary/aromatic N) is 1. The van der Waals surface area contributed by atoms with Gasteiger partial charge < -0.3 is 4.74 Å². The molecule has 1 aromatic heterocycles. The number of carbonyl (C=O) groups is 1. The number of thiophene rings is 1. The quantitative estimate of drug-likeness (QED) is 0.763. The van der Waals surface area contributed by atoms with Crippen LogP contribution in [-0.2, 0) is 16.1 Å². The Morgan fingerprint density at radius 3 is 2.90 bits per heavy atom. The van der Waals surface area contributed by atoms with Gasteiger partial charge in [0.1, 0.15) is 0 Å². The first-order valence-corrected chi connectivity index (χ1v) is 8.97. The van der Waals surface area contributed by atoms with Crippen LogP contribution < -0.4 is 0 Å². The highest BCUT2D eigenvalue weighted by Gasteiger charge is 2.59. The molecule has 0 aromatic carbocycles. The van der Waals surface area contributed by atoms with Crippen LogP contribution in [0.25, 0.3) is 0 Å². The van der Waals surface area contributed by atoms with E-state index in [1.165, 1.54) is 11.3 Å². The van der Waals surface area contributed by atoms with E-state index < -0.39 is 0 Å². The smallest absolute Gasteiger partial charge is 0.313 e. The molecular formula is C16H22ClNO2S. The van der Waals surface area contributed by atoms with Crippen LogP contribution in [0.15, 0.2) is 12.1 Å². The van der Waals surface area contributed by atoms with Gasteiger partial charge in [0.25, 0.3) is 0 Å². The minimum absolute atomic E-state index is 0.00825. The van der Waals surface area contributed by atoms with Crippen LogP contribution in [0.5, 0.6) is 0 Å². The summed E-state index contributed by atoms with van der Waals surface area (Å²) in [5.74, 6) is 0.00825. The molecule has 2 saturated heterocycles. The lowest BCUT2D eigenvalue weighted by Crippen LogP contribution is -2.43. The third-order valence-electron chi connectivity index (χ3n) is 5.16. The van der Waals surface area contributed by atoms with Crippen LogP contribution in [0, 0.1) is 5.41 Å². The van der Waals surface area contributed by atoms with Crippen molar-refractivity contribution >= 4 is 28.9 Å². The Kier molecular flexibility index (Phi) is 4.30. The SMILES string of the molecule is CCOC(=O)[C@@]1(CC)C[C@H]2CC[C@@H]1N2Cc1ccc(Cl)s1. The van der Waals surface area contributed by atoms with E-state index in [0.29, 0.717) is 18.7 Å². The maximum absolute atomic E-state index is 12.5. The van der Waals surface area contributed by atoms with Gasteiger partial charge in [-0.3, -0.25) is 9.69 Å². The summed E-state index contributed by atoms with van der Waals surface area (Å²) >= 11 is 7.68. The molecule has 0 N–H and O–H groups in total. The number of rotatable bonds is 5. The highest BCUT2D eigenvalue weighted by atomic mass is 35.5. The Morgan fingerprint density at radius 1 is 1.48 bits per heavy atom. The van der Waals surface area contributed by atoms with Gasteiger partial charge in [-0.2, -0.15) is 0 Å². The summed E-state index contributed by atoms with van der Waals surface area (Å²) in [5, 5.41) is 0. The molecule has 0 unspecified atom stereocenters. The lowest BCUT2D eigenvalue weighted by atomic mass is 9.72. The molecule has 0 aliphatic carbocycles. The zero-order chi connectivity index (χ0) is 15.0. The maximum Gasteiger partial charge on any atom is 0.313 e. The maximum atomic E-state index is 12.5. The molecule has 0 spiro atoms. The molecule has 5 heteroatoms. The first kappa shape index (κ1) is 15.3. The van der Waals surface area contributed by atoms with E-state index in [-0.39, 0.29) is 11.4 Å². The lowest BCUT2D eigenvalue weighted by molar-refractivity contribution is -0.157. The van der Waals surface area contributed by atoms with Crippen molar-refractivity contribution in [2.24, 2.45) is 5.41 Å². The van der Waals surface area contributed by atoms with E-state index in [4.69, 9.17) is 16.3 Å². The largest absolute Gasteiger partial charge is 0.466 e. The van der Waals surface area contributed by atoms with Gasteiger partial charge in [0.2, 0.25) is 0 Å². The number of carbonyl (C=O) groups excluding carboxylic acids is 1. The number of halogens is 1. The van der Waals surface area contributed by atoms with Gasteiger partial charge in [0, 0.05) is 23.5 Å². The van der Waals surface area contributed by atoms with Crippen molar-refractivity contribution in [3.05, 3.63) is 21.3 Å². The van der Waals surface area contributed by atoms with Crippen molar-refractivity contribution in [1.29, 1.82) is 0 Å². The van der Waals surface area contributed by atoms with Gasteiger partial charge in [-0.15, -0.1) is 11.3 Å². The highest BCUT2D eigenvalue weighted by Crippen LogP contribution is 2.53. The molecule has 21 heavy (non-hydrogen) atoms. The molecule has 3 rings (SSSR count). The summed E-state index contributed by atoms with van der Waals surface area (Å²) in [6.07, 6.45) is 4.13. The minimum atomic E-state index is -0.292. The Hall–Kier alpha value is -0.580. The summed E-state index contributed by atoms with van der Waals surface area (Å²) in [4.78, 5) is 16.3. The molecule has 2 fully saturated rings. The third kappa shape index (κ3) is 2.51. The number of fused-ring (bicyclic) bond motifs is 2. The summed E-state index contributed by atoms with van der Waals surface area (Å²) in [5.41, 5.74) is -0.292. The Balaban J connectivity index is 1.80. The predicted octanol–water partition coefficient (Wildman–Crippen LogP) is 4.10. The molecule has 3 heterocycles. The van der Waals surface area contributed by atoms with E-state index in [2.05, 4.69) is 17.9 Å². The van der Waals surface area contributed by atoms with Crippen LogP contribution in [-0.4, -0.2) is 29.6 Å². The van der Waals surface area contributed by atoms with Gasteiger partial charge in [0.05, 0.1) is 16.4 Å². The molecule has 1 aromatic rings. The van der Waals surface area contributed by atoms with Crippen molar-refractivity contribution < 1.29 is 9.53 Å². The number of hydrogen-bond acceptors (Lipinski definition) is 4. The lowest BCUT2D eigenvalue weighted by Gasteiger charge is -2.34. The van der Waals surface area contributed by atoms with E-state index in [1.54, 1.807) is 11.3 Å². The van der Waals surface area contributed by atoms with Gasteiger partial charge in [0.15, 0.2) is 0 Å². The van der Waals surface area contributed by atoms with Gasteiger partial charge in [-0.1, -0.05) is 18.5 Å². The van der Waals surface area contributed by atoms with Crippen molar-refractivity contribution in [1.82, 2.24) is 4.90 Å². The number of esters is 1. The summed E-state index contributed by atoms with van der Waals surface area (Å²) in [6, 6.07) is 4.90. The third-order valence-corrected chi connectivity index (χ3v) is 6.38. The second-order valence-electron chi connectivity index (χ2n) is 6.06. The number of ether oxygens (including phenoxy) is 1. The molecule has 116 valence electrons. The van der Waals surface area contributed by atoms with Crippen molar-refractivity contribution in [3.8, 4) is 0 Å². The number of hydrogen-bond donors (Lipinski definition) is 0. The van der Waals surface area contributed by atoms with Crippen molar-refractivity contribution in [3.63, 3.8) is 0 Å². The zero-order valence-electron chi connectivity index (χ0n) is 12.6. The standard InChI is InChI=1S/C16H22ClNO2S/c1-3-16(15(19)20-4-2)9-11-5-7-13(16)18(11)10-12-6-8-14(17)21-12/h6,8,11,13H,3-5,7,9-10H2,1-2H3/t11-,13+,16+/m1/s1. The zero-order valence-corrected chi connectivity index (χ0v) is 14.2. The Bertz CT molecular complexity index is 532. The molecule has 3 nitrogen and oxygen atoms in total. The molecular weight excluding hydrogens is 306 g/mol. The molecule has 0 amide bonds. The monoisotopic (exact) mass is 327 g/mol. The summed E-state index contributed by atoms with van der Waals surface area (Å²) in [6.45, 7) is 5.39. The first-order chi connectivity index (χ1) is 10.1. The fourth-order valence-electron chi connectivity index (χ4n) is 4.18. The molecule has 2 aliphatic heterocycles. The summed E-state index contributed by atoms with van der Waals surface area (Å²) < 4.78 is 6.23. The van der Waals surface area contributed by atoms with Gasteiger partial charge in [-0.25, -0.2) is 0 Å². The second-order valence-corrected chi connectivity index (χ2v) is 7.86. The average Bonchev–Trinajstić information content (AvgIpc) is 3.14. The van der Waals surface area contributed by atoms with Crippen molar-refractivity contribution in [2.75, 3.05) is 6.61 Å². The first-order valence-electron chi connectivity index (χ1n) is 7.78.